The Labute approximate surface area is 248 Å². The molecule has 0 fully saturated rings. The summed E-state index contributed by atoms with van der Waals surface area (Å²) in [6.45, 7) is 1.01. The first-order valence-electron chi connectivity index (χ1n) is 12.9. The molecule has 220 valence electrons. The molecule has 1 aromatic heterocycles. The molecule has 10 nitrogen and oxygen atoms in total. The molecular formula is C28H31Cl2N3O7S. The Morgan fingerprint density at radius 3 is 2.46 bits per heavy atom. The third-order valence-electron chi connectivity index (χ3n) is 6.76. The fourth-order valence-corrected chi connectivity index (χ4v) is 6.61. The summed E-state index contributed by atoms with van der Waals surface area (Å²) in [4.78, 5) is 27.3. The molecule has 2 amide bonds. The molecule has 13 heteroatoms. The summed E-state index contributed by atoms with van der Waals surface area (Å²) in [5.74, 6) is 0.632. The molecule has 0 saturated carbocycles. The topological polar surface area (TPSA) is 127 Å². The van der Waals surface area contributed by atoms with Gasteiger partial charge in [0.1, 0.15) is 10.9 Å². The zero-order chi connectivity index (χ0) is 29.6. The number of ether oxygens (including phenoxy) is 2. The summed E-state index contributed by atoms with van der Waals surface area (Å²) in [6, 6.07) is 9.95. The molecule has 2 aromatic carbocycles. The van der Waals surface area contributed by atoms with Crippen LogP contribution in [0, 0.1) is 0 Å². The van der Waals surface area contributed by atoms with Crippen LogP contribution in [0.2, 0.25) is 10.0 Å². The van der Waals surface area contributed by atoms with Crippen LogP contribution in [-0.2, 0) is 27.8 Å². The number of carbonyl (C=O) groups excluding carboxylic acids is 2. The molecule has 1 aliphatic rings. The number of nitrogens with zero attached hydrogens (tertiary/aromatic N) is 1. The SMILES string of the molecule is COc1cc2c(cc1OC)CN(C(=O)C(CCCCNC(=O)c1ccco1)NS(=O)(=O)c1cc(Cl)ccc1Cl)CC2. The lowest BCUT2D eigenvalue weighted by molar-refractivity contribution is -0.134. The van der Waals surface area contributed by atoms with Crippen molar-refractivity contribution in [1.29, 1.82) is 0 Å². The van der Waals surface area contributed by atoms with E-state index < -0.39 is 16.1 Å². The highest BCUT2D eigenvalue weighted by molar-refractivity contribution is 7.89. The standard InChI is InChI=1S/C28H31Cl2N3O7S/c1-38-24-14-18-10-12-33(17-19(18)15-25(24)39-2)28(35)22(6-3-4-11-31-27(34)23-7-5-13-40-23)32-41(36,37)26-16-20(29)8-9-21(26)30/h5,7-9,13-16,22,32H,3-4,6,10-12,17H2,1-2H3,(H,31,34). The number of sulfonamides is 1. The largest absolute Gasteiger partial charge is 0.493 e. The van der Waals surface area contributed by atoms with Gasteiger partial charge in [0.25, 0.3) is 5.91 Å². The first kappa shape index (κ1) is 30.7. The number of amides is 2. The first-order valence-corrected chi connectivity index (χ1v) is 15.2. The average Bonchev–Trinajstić information content (AvgIpc) is 3.51. The van der Waals surface area contributed by atoms with Crippen molar-refractivity contribution in [3.63, 3.8) is 0 Å². The summed E-state index contributed by atoms with van der Waals surface area (Å²) in [5, 5.41) is 2.93. The minimum atomic E-state index is -4.19. The van der Waals surface area contributed by atoms with E-state index in [0.29, 0.717) is 43.9 Å². The van der Waals surface area contributed by atoms with Crippen molar-refractivity contribution in [2.75, 3.05) is 27.3 Å². The fraction of sp³-hybridized carbons (Fsp3) is 0.357. The number of furan rings is 1. The Morgan fingerprint density at radius 1 is 1.05 bits per heavy atom. The second-order valence-corrected chi connectivity index (χ2v) is 12.0. The maximum absolute atomic E-state index is 13.8. The van der Waals surface area contributed by atoms with Crippen LogP contribution < -0.4 is 19.5 Å². The Hall–Kier alpha value is -3.25. The van der Waals surface area contributed by atoms with Crippen LogP contribution in [0.25, 0.3) is 0 Å². The van der Waals surface area contributed by atoms with Gasteiger partial charge in [-0.15, -0.1) is 0 Å². The monoisotopic (exact) mass is 623 g/mol. The summed E-state index contributed by atoms with van der Waals surface area (Å²) in [5.41, 5.74) is 1.92. The highest BCUT2D eigenvalue weighted by atomic mass is 35.5. The van der Waals surface area contributed by atoms with E-state index in [-0.39, 0.29) is 45.5 Å². The summed E-state index contributed by atoms with van der Waals surface area (Å²) < 4.78 is 45.1. The van der Waals surface area contributed by atoms with Gasteiger partial charge in [0, 0.05) is 24.7 Å². The molecule has 0 aliphatic carbocycles. The van der Waals surface area contributed by atoms with Gasteiger partial charge in [-0.25, -0.2) is 8.42 Å². The highest BCUT2D eigenvalue weighted by Gasteiger charge is 2.32. The van der Waals surface area contributed by atoms with Crippen molar-refractivity contribution in [3.05, 3.63) is 75.7 Å². The molecule has 41 heavy (non-hydrogen) atoms. The zero-order valence-electron chi connectivity index (χ0n) is 22.6. The van der Waals surface area contributed by atoms with Gasteiger partial charge in [-0.05, 0) is 79.3 Å². The minimum absolute atomic E-state index is 0.0123. The lowest BCUT2D eigenvalue weighted by Gasteiger charge is -2.32. The second-order valence-electron chi connectivity index (χ2n) is 9.46. The third-order valence-corrected chi connectivity index (χ3v) is 8.95. The fourth-order valence-electron chi connectivity index (χ4n) is 4.63. The van der Waals surface area contributed by atoms with Crippen LogP contribution >= 0.6 is 23.2 Å². The Kier molecular flexibility index (Phi) is 10.2. The van der Waals surface area contributed by atoms with E-state index in [0.717, 1.165) is 11.1 Å². The van der Waals surface area contributed by atoms with Gasteiger partial charge in [0.2, 0.25) is 15.9 Å². The maximum Gasteiger partial charge on any atom is 0.286 e. The number of methoxy groups -OCH3 is 2. The van der Waals surface area contributed by atoms with E-state index in [4.69, 9.17) is 37.1 Å². The molecule has 1 aliphatic heterocycles. The molecule has 2 N–H and O–H groups in total. The number of rotatable bonds is 12. The Bertz CT molecular complexity index is 1500. The van der Waals surface area contributed by atoms with E-state index in [9.17, 15) is 18.0 Å². The van der Waals surface area contributed by atoms with Crippen LogP contribution in [0.5, 0.6) is 11.5 Å². The number of fused-ring (bicyclic) bond motifs is 1. The average molecular weight is 625 g/mol. The van der Waals surface area contributed by atoms with Crippen molar-refractivity contribution in [2.45, 2.75) is 43.2 Å². The van der Waals surface area contributed by atoms with E-state index in [1.807, 2.05) is 12.1 Å². The minimum Gasteiger partial charge on any atom is -0.493 e. The van der Waals surface area contributed by atoms with E-state index in [2.05, 4.69) is 10.0 Å². The number of halogens is 2. The van der Waals surface area contributed by atoms with Gasteiger partial charge >= 0.3 is 0 Å². The van der Waals surface area contributed by atoms with Crippen LogP contribution in [0.1, 0.15) is 40.9 Å². The predicted octanol–water partition coefficient (Wildman–Crippen LogP) is 4.44. The number of benzene rings is 2. The van der Waals surface area contributed by atoms with Gasteiger partial charge in [-0.1, -0.05) is 23.2 Å². The van der Waals surface area contributed by atoms with Gasteiger partial charge < -0.3 is 24.1 Å². The van der Waals surface area contributed by atoms with Crippen LogP contribution in [-0.4, -0.2) is 58.5 Å². The summed E-state index contributed by atoms with van der Waals surface area (Å²) >= 11 is 12.2. The quantitative estimate of drug-likeness (QED) is 0.286. The molecule has 3 aromatic rings. The smallest absolute Gasteiger partial charge is 0.286 e. The number of nitrogens with one attached hydrogen (secondary N) is 2. The molecule has 0 bridgehead atoms. The van der Waals surface area contributed by atoms with Gasteiger partial charge in [0.05, 0.1) is 25.5 Å². The van der Waals surface area contributed by atoms with E-state index in [1.165, 1.54) is 24.5 Å². The molecule has 4 rings (SSSR count). The predicted molar refractivity (Wildman–Crippen MR) is 154 cm³/mol. The van der Waals surface area contributed by atoms with E-state index in [1.54, 1.807) is 31.3 Å². The summed E-state index contributed by atoms with van der Waals surface area (Å²) in [6.07, 6.45) is 3.14. The first-order chi connectivity index (χ1) is 19.6. The molecule has 0 radical (unpaired) electrons. The highest BCUT2D eigenvalue weighted by Crippen LogP contribution is 2.33. The zero-order valence-corrected chi connectivity index (χ0v) is 24.9. The van der Waals surface area contributed by atoms with Crippen LogP contribution in [0.15, 0.2) is 58.0 Å². The number of carbonyl (C=O) groups is 2. The normalized spacial score (nSPS) is 13.8. The Balaban J connectivity index is 1.49. The van der Waals surface area contributed by atoms with Crippen molar-refractivity contribution in [3.8, 4) is 11.5 Å². The van der Waals surface area contributed by atoms with Crippen molar-refractivity contribution < 1.29 is 31.9 Å². The van der Waals surface area contributed by atoms with Crippen molar-refractivity contribution in [1.82, 2.24) is 14.9 Å². The number of hydrogen-bond donors (Lipinski definition) is 2. The lowest BCUT2D eigenvalue weighted by atomic mass is 9.97. The second kappa shape index (κ2) is 13.6. The lowest BCUT2D eigenvalue weighted by Crippen LogP contribution is -2.49. The van der Waals surface area contributed by atoms with Gasteiger partial charge in [-0.2, -0.15) is 4.72 Å². The third kappa shape index (κ3) is 7.53. The molecular weight excluding hydrogens is 593 g/mol. The molecule has 0 saturated heterocycles. The Morgan fingerprint density at radius 2 is 1.78 bits per heavy atom. The van der Waals surface area contributed by atoms with Crippen molar-refractivity contribution in [2.24, 2.45) is 0 Å². The van der Waals surface area contributed by atoms with Crippen molar-refractivity contribution >= 4 is 45.0 Å². The molecule has 2 heterocycles. The molecule has 1 atom stereocenters. The van der Waals surface area contributed by atoms with Crippen LogP contribution in [0.4, 0.5) is 0 Å². The maximum atomic E-state index is 13.8. The van der Waals surface area contributed by atoms with Crippen LogP contribution in [0.3, 0.4) is 0 Å². The molecule has 1 unspecified atom stereocenters. The number of hydrogen-bond acceptors (Lipinski definition) is 7. The summed E-state index contributed by atoms with van der Waals surface area (Å²) in [7, 11) is -1.09. The van der Waals surface area contributed by atoms with Gasteiger partial charge in [0.15, 0.2) is 17.3 Å². The number of unbranched alkanes of at least 4 members (excludes halogenated alkanes) is 1. The van der Waals surface area contributed by atoms with Gasteiger partial charge in [-0.3, -0.25) is 9.59 Å². The molecule has 0 spiro atoms. The van der Waals surface area contributed by atoms with E-state index >= 15 is 0 Å².